The Balaban J connectivity index is 1.46. The van der Waals surface area contributed by atoms with E-state index in [1.165, 1.54) is 0 Å². The summed E-state index contributed by atoms with van der Waals surface area (Å²) in [5.74, 6) is -1.94. The maximum Gasteiger partial charge on any atom is 0.307 e. The Morgan fingerprint density at radius 1 is 1.04 bits per heavy atom. The lowest BCUT2D eigenvalue weighted by Gasteiger charge is -2.32. The van der Waals surface area contributed by atoms with Crippen LogP contribution in [0.5, 0.6) is 0 Å². The summed E-state index contributed by atoms with van der Waals surface area (Å²) in [5, 5.41) is 11.8. The third-order valence-corrected chi connectivity index (χ3v) is 4.59. The normalized spacial score (nSPS) is 24.1. The zero-order valence-corrected chi connectivity index (χ0v) is 12.8. The Morgan fingerprint density at radius 3 is 2.26 bits per heavy atom. The van der Waals surface area contributed by atoms with Gasteiger partial charge in [-0.2, -0.15) is 0 Å². The highest BCUT2D eigenvalue weighted by Crippen LogP contribution is 2.38. The van der Waals surface area contributed by atoms with Crippen LogP contribution < -0.4 is 5.32 Å². The molecule has 2 aliphatic rings. The first-order valence-electron chi connectivity index (χ1n) is 7.94. The summed E-state index contributed by atoms with van der Waals surface area (Å²) in [6, 6.07) is 9.19. The van der Waals surface area contributed by atoms with Crippen molar-refractivity contribution in [2.45, 2.75) is 25.3 Å². The number of nitrogens with one attached hydrogen (secondary N) is 1. The average molecular weight is 316 g/mol. The van der Waals surface area contributed by atoms with Gasteiger partial charge < -0.3 is 15.3 Å². The van der Waals surface area contributed by atoms with Crippen LogP contribution in [0.1, 0.15) is 29.6 Å². The monoisotopic (exact) mass is 316 g/mol. The van der Waals surface area contributed by atoms with E-state index in [0.29, 0.717) is 37.9 Å². The number of carboxylic acid groups (broad SMARTS) is 1. The molecular formula is C17H20N2O4. The van der Waals surface area contributed by atoms with E-state index in [9.17, 15) is 14.4 Å². The Kier molecular flexibility index (Phi) is 4.32. The minimum Gasteiger partial charge on any atom is -0.481 e. The highest BCUT2D eigenvalue weighted by Gasteiger charge is 2.48. The Hall–Kier alpha value is -2.37. The number of nitrogens with zero attached hydrogens (tertiary/aromatic N) is 1. The lowest BCUT2D eigenvalue weighted by atomic mass is 10.0. The number of hydrogen-bond acceptors (Lipinski definition) is 3. The van der Waals surface area contributed by atoms with Crippen molar-refractivity contribution in [3.8, 4) is 0 Å². The standard InChI is InChI=1S/C17H20N2O4/c20-15(13-10-14(13)17(22)23)18-12-6-8-19(9-7-12)16(21)11-4-2-1-3-5-11/h1-5,12-14H,6-10H2,(H,18,20)(H,22,23). The SMILES string of the molecule is O=C(O)C1CC1C(=O)NC1CCN(C(=O)c2ccccc2)CC1. The van der Waals surface area contributed by atoms with Crippen LogP contribution >= 0.6 is 0 Å². The van der Waals surface area contributed by atoms with Crippen molar-refractivity contribution in [3.63, 3.8) is 0 Å². The second-order valence-electron chi connectivity index (χ2n) is 6.23. The van der Waals surface area contributed by atoms with E-state index in [1.54, 1.807) is 17.0 Å². The van der Waals surface area contributed by atoms with Crippen molar-refractivity contribution < 1.29 is 19.5 Å². The summed E-state index contributed by atoms with van der Waals surface area (Å²) >= 11 is 0. The maximum absolute atomic E-state index is 12.3. The highest BCUT2D eigenvalue weighted by molar-refractivity contribution is 5.94. The predicted molar refractivity (Wildman–Crippen MR) is 82.7 cm³/mol. The number of piperidine rings is 1. The molecule has 1 saturated carbocycles. The van der Waals surface area contributed by atoms with Crippen molar-refractivity contribution in [2.75, 3.05) is 13.1 Å². The Morgan fingerprint density at radius 2 is 1.70 bits per heavy atom. The number of aliphatic carboxylic acids is 1. The smallest absolute Gasteiger partial charge is 0.307 e. The molecule has 0 radical (unpaired) electrons. The van der Waals surface area contributed by atoms with E-state index in [4.69, 9.17) is 5.11 Å². The molecule has 2 fully saturated rings. The van der Waals surface area contributed by atoms with E-state index < -0.39 is 11.9 Å². The molecule has 1 aliphatic carbocycles. The van der Waals surface area contributed by atoms with Crippen molar-refractivity contribution in [3.05, 3.63) is 35.9 Å². The predicted octanol–water partition coefficient (Wildman–Crippen LogP) is 1.13. The van der Waals surface area contributed by atoms with Crippen molar-refractivity contribution in [2.24, 2.45) is 11.8 Å². The molecule has 2 atom stereocenters. The number of hydrogen-bond donors (Lipinski definition) is 2. The second kappa shape index (κ2) is 6.40. The largest absolute Gasteiger partial charge is 0.481 e. The van der Waals surface area contributed by atoms with Gasteiger partial charge in [-0.3, -0.25) is 14.4 Å². The quantitative estimate of drug-likeness (QED) is 0.872. The van der Waals surface area contributed by atoms with E-state index >= 15 is 0 Å². The van der Waals surface area contributed by atoms with Crippen LogP contribution in [-0.4, -0.2) is 46.9 Å². The summed E-state index contributed by atoms with van der Waals surface area (Å²) in [6.07, 6.45) is 1.84. The topological polar surface area (TPSA) is 86.7 Å². The molecule has 2 N–H and O–H groups in total. The molecule has 1 aliphatic heterocycles. The fourth-order valence-electron chi connectivity index (χ4n) is 3.06. The highest BCUT2D eigenvalue weighted by atomic mass is 16.4. The molecule has 1 heterocycles. The number of benzene rings is 1. The molecular weight excluding hydrogens is 296 g/mol. The summed E-state index contributed by atoms with van der Waals surface area (Å²) in [7, 11) is 0. The zero-order valence-electron chi connectivity index (χ0n) is 12.8. The third-order valence-electron chi connectivity index (χ3n) is 4.59. The van der Waals surface area contributed by atoms with Gasteiger partial charge in [0.05, 0.1) is 11.8 Å². The molecule has 1 aromatic carbocycles. The van der Waals surface area contributed by atoms with Crippen LogP contribution in [0.2, 0.25) is 0 Å². The van der Waals surface area contributed by atoms with Gasteiger partial charge in [0.2, 0.25) is 5.91 Å². The van der Waals surface area contributed by atoms with Gasteiger partial charge in [-0.15, -0.1) is 0 Å². The number of rotatable bonds is 4. The number of carbonyl (C=O) groups is 3. The lowest BCUT2D eigenvalue weighted by molar-refractivity contribution is -0.140. The summed E-state index contributed by atoms with van der Waals surface area (Å²) < 4.78 is 0. The van der Waals surface area contributed by atoms with Gasteiger partial charge in [-0.1, -0.05) is 18.2 Å². The van der Waals surface area contributed by atoms with Crippen LogP contribution in [0.15, 0.2) is 30.3 Å². The first kappa shape index (κ1) is 15.5. The maximum atomic E-state index is 12.3. The van der Waals surface area contributed by atoms with Crippen molar-refractivity contribution >= 4 is 17.8 Å². The number of likely N-dealkylation sites (tertiary alicyclic amines) is 1. The van der Waals surface area contributed by atoms with E-state index in [2.05, 4.69) is 5.32 Å². The van der Waals surface area contributed by atoms with Crippen LogP contribution in [0.25, 0.3) is 0 Å². The Bertz CT molecular complexity index is 608. The fourth-order valence-corrected chi connectivity index (χ4v) is 3.06. The molecule has 122 valence electrons. The molecule has 0 bridgehead atoms. The molecule has 2 amide bonds. The first-order chi connectivity index (χ1) is 11.1. The van der Waals surface area contributed by atoms with Gasteiger partial charge in [0.1, 0.15) is 0 Å². The summed E-state index contributed by atoms with van der Waals surface area (Å²) in [5.41, 5.74) is 0.678. The van der Waals surface area contributed by atoms with E-state index in [0.717, 1.165) is 0 Å². The minimum absolute atomic E-state index is 0.0171. The van der Waals surface area contributed by atoms with Crippen LogP contribution in [0, 0.1) is 11.8 Å². The first-order valence-corrected chi connectivity index (χ1v) is 7.94. The summed E-state index contributed by atoms with van der Waals surface area (Å²) in [6.45, 7) is 1.21. The molecule has 6 heteroatoms. The third kappa shape index (κ3) is 3.52. The molecule has 6 nitrogen and oxygen atoms in total. The van der Waals surface area contributed by atoms with Crippen LogP contribution in [0.3, 0.4) is 0 Å². The van der Waals surface area contributed by atoms with Gasteiger partial charge >= 0.3 is 5.97 Å². The van der Waals surface area contributed by atoms with Crippen molar-refractivity contribution in [1.29, 1.82) is 0 Å². The summed E-state index contributed by atoms with van der Waals surface area (Å²) in [4.78, 5) is 36.9. The van der Waals surface area contributed by atoms with Crippen LogP contribution in [-0.2, 0) is 9.59 Å². The lowest BCUT2D eigenvalue weighted by Crippen LogP contribution is -2.47. The molecule has 1 aromatic rings. The molecule has 3 rings (SSSR count). The van der Waals surface area contributed by atoms with Gasteiger partial charge in [0.15, 0.2) is 0 Å². The van der Waals surface area contributed by atoms with Crippen LogP contribution in [0.4, 0.5) is 0 Å². The van der Waals surface area contributed by atoms with Gasteiger partial charge in [-0.05, 0) is 31.4 Å². The number of carbonyl (C=O) groups excluding carboxylic acids is 2. The van der Waals surface area contributed by atoms with Gasteiger partial charge in [-0.25, -0.2) is 0 Å². The number of amides is 2. The zero-order chi connectivity index (χ0) is 16.4. The fraction of sp³-hybridized carbons (Fsp3) is 0.471. The van der Waals surface area contributed by atoms with E-state index in [1.807, 2.05) is 18.2 Å². The molecule has 0 spiro atoms. The van der Waals surface area contributed by atoms with Gasteiger partial charge in [0, 0.05) is 24.7 Å². The average Bonchev–Trinajstić information content (AvgIpc) is 3.37. The van der Waals surface area contributed by atoms with E-state index in [-0.39, 0.29) is 23.8 Å². The molecule has 23 heavy (non-hydrogen) atoms. The van der Waals surface area contributed by atoms with Gasteiger partial charge in [0.25, 0.3) is 5.91 Å². The van der Waals surface area contributed by atoms with Crippen molar-refractivity contribution in [1.82, 2.24) is 10.2 Å². The Labute approximate surface area is 134 Å². The second-order valence-corrected chi connectivity index (χ2v) is 6.23. The molecule has 1 saturated heterocycles. The number of carboxylic acids is 1. The molecule has 0 aromatic heterocycles. The minimum atomic E-state index is -0.895. The molecule has 2 unspecified atom stereocenters.